The first kappa shape index (κ1) is 11.2. The molecule has 0 bridgehead atoms. The van der Waals surface area contributed by atoms with Gasteiger partial charge in [0.1, 0.15) is 5.76 Å². The van der Waals surface area contributed by atoms with Gasteiger partial charge in [-0.25, -0.2) is 0 Å². The lowest BCUT2D eigenvalue weighted by Gasteiger charge is -2.45. The zero-order chi connectivity index (χ0) is 11.8. The highest BCUT2D eigenvalue weighted by Crippen LogP contribution is 2.43. The van der Waals surface area contributed by atoms with E-state index in [1.54, 1.807) is 12.3 Å². The van der Waals surface area contributed by atoms with E-state index in [0.717, 1.165) is 5.76 Å². The number of carboxylic acids is 1. The molecule has 1 unspecified atom stereocenters. The van der Waals surface area contributed by atoms with Crippen molar-refractivity contribution in [1.29, 1.82) is 0 Å². The van der Waals surface area contributed by atoms with Crippen LogP contribution in [0.4, 0.5) is 0 Å². The maximum atomic E-state index is 11.4. The van der Waals surface area contributed by atoms with Gasteiger partial charge in [-0.2, -0.15) is 0 Å². The summed E-state index contributed by atoms with van der Waals surface area (Å²) >= 11 is 0. The molecule has 1 fully saturated rings. The summed E-state index contributed by atoms with van der Waals surface area (Å²) in [4.78, 5) is 11.4. The number of aliphatic carboxylic acids is 1. The molecule has 1 aromatic rings. The summed E-state index contributed by atoms with van der Waals surface area (Å²) in [5, 5.41) is 9.35. The zero-order valence-corrected chi connectivity index (χ0v) is 9.47. The molecular formula is C12H16O4. The Bertz CT molecular complexity index is 362. The summed E-state index contributed by atoms with van der Waals surface area (Å²) in [6.45, 7) is 4.69. The third kappa shape index (κ3) is 1.53. The fraction of sp³-hybridized carbons (Fsp3) is 0.583. The lowest BCUT2D eigenvalue weighted by Crippen LogP contribution is -2.56. The molecule has 88 valence electrons. The summed E-state index contributed by atoms with van der Waals surface area (Å²) in [6.07, 6.45) is 1.58. The number of ether oxygens (including phenoxy) is 1. The van der Waals surface area contributed by atoms with E-state index in [1.165, 1.54) is 0 Å². The van der Waals surface area contributed by atoms with Crippen molar-refractivity contribution in [2.75, 3.05) is 13.2 Å². The van der Waals surface area contributed by atoms with Crippen molar-refractivity contribution < 1.29 is 19.1 Å². The molecule has 0 aromatic carbocycles. The first-order valence-corrected chi connectivity index (χ1v) is 5.42. The maximum absolute atomic E-state index is 11.4. The minimum absolute atomic E-state index is 0.0477. The first-order chi connectivity index (χ1) is 7.58. The van der Waals surface area contributed by atoms with Gasteiger partial charge < -0.3 is 14.3 Å². The molecule has 1 aliphatic heterocycles. The molecule has 0 amide bonds. The van der Waals surface area contributed by atoms with Crippen molar-refractivity contribution in [1.82, 2.24) is 0 Å². The fourth-order valence-corrected chi connectivity index (χ4v) is 2.52. The van der Waals surface area contributed by atoms with Crippen LogP contribution in [0.25, 0.3) is 0 Å². The molecule has 1 atom stereocenters. The van der Waals surface area contributed by atoms with E-state index in [0.29, 0.717) is 13.2 Å². The normalized spacial score (nSPS) is 20.4. The van der Waals surface area contributed by atoms with E-state index in [4.69, 9.17) is 9.15 Å². The average Bonchev–Trinajstić information content (AvgIpc) is 2.61. The van der Waals surface area contributed by atoms with E-state index < -0.39 is 17.3 Å². The molecule has 2 rings (SSSR count). The highest BCUT2D eigenvalue weighted by Gasteiger charge is 2.53. The van der Waals surface area contributed by atoms with E-state index in [-0.39, 0.29) is 5.92 Å². The van der Waals surface area contributed by atoms with Crippen molar-refractivity contribution in [2.45, 2.75) is 19.3 Å². The minimum atomic E-state index is -0.783. The molecule has 0 saturated carbocycles. The highest BCUT2D eigenvalue weighted by atomic mass is 16.5. The summed E-state index contributed by atoms with van der Waals surface area (Å²) < 4.78 is 10.6. The lowest BCUT2D eigenvalue weighted by atomic mass is 9.67. The quantitative estimate of drug-likeness (QED) is 0.848. The molecular weight excluding hydrogens is 208 g/mol. The van der Waals surface area contributed by atoms with Crippen molar-refractivity contribution >= 4 is 5.97 Å². The summed E-state index contributed by atoms with van der Waals surface area (Å²) in [7, 11) is 0. The van der Waals surface area contributed by atoms with Crippen LogP contribution in [0, 0.1) is 11.8 Å². The fourth-order valence-electron chi connectivity index (χ4n) is 2.52. The zero-order valence-electron chi connectivity index (χ0n) is 9.47. The Kier molecular flexibility index (Phi) is 2.76. The molecule has 4 nitrogen and oxygen atoms in total. The van der Waals surface area contributed by atoms with Crippen LogP contribution in [0.3, 0.4) is 0 Å². The SMILES string of the molecule is CC(C)C(C(=O)O)C1(c2ccco2)COC1. The Hall–Kier alpha value is -1.29. The number of carboxylic acid groups (broad SMARTS) is 1. The monoisotopic (exact) mass is 224 g/mol. The van der Waals surface area contributed by atoms with Crippen LogP contribution >= 0.6 is 0 Å². The van der Waals surface area contributed by atoms with Crippen LogP contribution in [0.5, 0.6) is 0 Å². The topological polar surface area (TPSA) is 59.7 Å². The van der Waals surface area contributed by atoms with Gasteiger partial charge in [-0.05, 0) is 18.1 Å². The van der Waals surface area contributed by atoms with Crippen LogP contribution in [-0.2, 0) is 14.9 Å². The Labute approximate surface area is 94.2 Å². The second kappa shape index (κ2) is 3.94. The van der Waals surface area contributed by atoms with Gasteiger partial charge in [0.05, 0.1) is 30.8 Å². The summed E-state index contributed by atoms with van der Waals surface area (Å²) in [5.74, 6) is -0.478. The predicted octanol–water partition coefficient (Wildman–Crippen LogP) is 1.90. The van der Waals surface area contributed by atoms with Crippen LogP contribution in [0.2, 0.25) is 0 Å². The molecule has 0 spiro atoms. The number of carbonyl (C=O) groups is 1. The predicted molar refractivity (Wildman–Crippen MR) is 57.2 cm³/mol. The second-order valence-corrected chi connectivity index (χ2v) is 4.69. The molecule has 1 aliphatic rings. The van der Waals surface area contributed by atoms with Gasteiger partial charge in [-0.1, -0.05) is 13.8 Å². The van der Waals surface area contributed by atoms with Gasteiger partial charge >= 0.3 is 5.97 Å². The number of hydrogen-bond donors (Lipinski definition) is 1. The van der Waals surface area contributed by atoms with Gasteiger partial charge in [-0.15, -0.1) is 0 Å². The molecule has 1 saturated heterocycles. The smallest absolute Gasteiger partial charge is 0.307 e. The van der Waals surface area contributed by atoms with Gasteiger partial charge in [0.25, 0.3) is 0 Å². The van der Waals surface area contributed by atoms with Crippen LogP contribution < -0.4 is 0 Å². The molecule has 4 heteroatoms. The molecule has 1 aromatic heterocycles. The van der Waals surface area contributed by atoms with E-state index >= 15 is 0 Å². The van der Waals surface area contributed by atoms with Crippen molar-refractivity contribution in [2.24, 2.45) is 11.8 Å². The molecule has 0 aliphatic carbocycles. The van der Waals surface area contributed by atoms with Crippen molar-refractivity contribution in [3.05, 3.63) is 24.2 Å². The Morgan fingerprint density at radius 1 is 1.50 bits per heavy atom. The molecule has 1 N–H and O–H groups in total. The average molecular weight is 224 g/mol. The lowest BCUT2D eigenvalue weighted by molar-refractivity contribution is -0.163. The maximum Gasteiger partial charge on any atom is 0.307 e. The van der Waals surface area contributed by atoms with Crippen LogP contribution in [0.15, 0.2) is 22.8 Å². The second-order valence-electron chi connectivity index (χ2n) is 4.69. The van der Waals surface area contributed by atoms with E-state index in [9.17, 15) is 9.90 Å². The van der Waals surface area contributed by atoms with Crippen LogP contribution in [0.1, 0.15) is 19.6 Å². The largest absolute Gasteiger partial charge is 0.481 e. The minimum Gasteiger partial charge on any atom is -0.481 e. The van der Waals surface area contributed by atoms with Gasteiger partial charge in [0.2, 0.25) is 0 Å². The van der Waals surface area contributed by atoms with Crippen LogP contribution in [-0.4, -0.2) is 24.3 Å². The third-order valence-corrected chi connectivity index (χ3v) is 3.26. The summed E-state index contributed by atoms with van der Waals surface area (Å²) in [5.41, 5.74) is -0.483. The van der Waals surface area contributed by atoms with Gasteiger partial charge in [0, 0.05) is 0 Å². The van der Waals surface area contributed by atoms with Gasteiger partial charge in [-0.3, -0.25) is 4.79 Å². The van der Waals surface area contributed by atoms with Gasteiger partial charge in [0.15, 0.2) is 0 Å². The third-order valence-electron chi connectivity index (χ3n) is 3.26. The molecule has 2 heterocycles. The highest BCUT2D eigenvalue weighted by molar-refractivity contribution is 5.73. The number of hydrogen-bond acceptors (Lipinski definition) is 3. The standard InChI is InChI=1S/C12H16O4/c1-8(2)10(11(13)14)12(6-15-7-12)9-4-3-5-16-9/h3-5,8,10H,6-7H2,1-2H3,(H,13,14). The van der Waals surface area contributed by atoms with E-state index in [2.05, 4.69) is 0 Å². The Balaban J connectivity index is 2.37. The van der Waals surface area contributed by atoms with Crippen molar-refractivity contribution in [3.63, 3.8) is 0 Å². The van der Waals surface area contributed by atoms with E-state index in [1.807, 2.05) is 19.9 Å². The van der Waals surface area contributed by atoms with Crippen molar-refractivity contribution in [3.8, 4) is 0 Å². The first-order valence-electron chi connectivity index (χ1n) is 5.42. The molecule has 0 radical (unpaired) electrons. The number of rotatable bonds is 4. The molecule has 16 heavy (non-hydrogen) atoms. The summed E-state index contributed by atoms with van der Waals surface area (Å²) in [6, 6.07) is 3.62. The Morgan fingerprint density at radius 2 is 2.19 bits per heavy atom. The Morgan fingerprint density at radius 3 is 2.50 bits per heavy atom. The number of furan rings is 1.